The second-order valence-corrected chi connectivity index (χ2v) is 9.69. The quantitative estimate of drug-likeness (QED) is 0.111. The van der Waals surface area contributed by atoms with Gasteiger partial charge in [0.25, 0.3) is 5.56 Å². The number of nitrogens with zero attached hydrogens (tertiary/aromatic N) is 4. The Hall–Kier alpha value is -5.03. The molecule has 0 bridgehead atoms. The van der Waals surface area contributed by atoms with Crippen LogP contribution in [0, 0.1) is 17.0 Å². The van der Waals surface area contributed by atoms with Crippen LogP contribution in [0.2, 0.25) is 5.02 Å². The summed E-state index contributed by atoms with van der Waals surface area (Å²) >= 11 is 6.38. The molecule has 12 heteroatoms. The van der Waals surface area contributed by atoms with Gasteiger partial charge in [-0.05, 0) is 42.8 Å². The van der Waals surface area contributed by atoms with Crippen molar-refractivity contribution in [2.75, 3.05) is 0 Å². The summed E-state index contributed by atoms with van der Waals surface area (Å²) in [4.78, 5) is 29.0. The third kappa shape index (κ3) is 6.01. The zero-order valence-electron chi connectivity index (χ0n) is 21.8. The molecule has 0 aliphatic rings. The Morgan fingerprint density at radius 1 is 1.05 bits per heavy atom. The fourth-order valence-corrected chi connectivity index (χ4v) is 4.56. The number of hydrogen-bond donors (Lipinski definition) is 0. The van der Waals surface area contributed by atoms with Gasteiger partial charge in [-0.1, -0.05) is 65.7 Å². The molecule has 0 aliphatic heterocycles. The van der Waals surface area contributed by atoms with E-state index in [1.807, 2.05) is 31.2 Å². The number of alkyl halides is 3. The molecular formula is C30H20ClF3N4O4. The van der Waals surface area contributed by atoms with Gasteiger partial charge in [0, 0.05) is 17.2 Å². The maximum Gasteiger partial charge on any atom is 0.416 e. The number of hydrogen-bond acceptors (Lipinski definition) is 6. The fraction of sp³-hybridized carbons (Fsp3) is 0.100. The molecule has 0 aliphatic carbocycles. The molecule has 212 valence electrons. The van der Waals surface area contributed by atoms with E-state index in [-0.39, 0.29) is 45.2 Å². The summed E-state index contributed by atoms with van der Waals surface area (Å²) in [7, 11) is 0. The van der Waals surface area contributed by atoms with Gasteiger partial charge in [0.2, 0.25) is 5.75 Å². The molecule has 42 heavy (non-hydrogen) atoms. The summed E-state index contributed by atoms with van der Waals surface area (Å²) in [5.74, 6) is -0.297. The number of nitro benzene ring substituents is 1. The van der Waals surface area contributed by atoms with E-state index in [1.54, 1.807) is 18.2 Å². The van der Waals surface area contributed by atoms with Crippen molar-refractivity contribution < 1.29 is 22.8 Å². The Bertz CT molecular complexity index is 1920. The zero-order chi connectivity index (χ0) is 30.0. The van der Waals surface area contributed by atoms with Crippen molar-refractivity contribution >= 4 is 34.4 Å². The second-order valence-electron chi connectivity index (χ2n) is 9.28. The predicted molar refractivity (Wildman–Crippen MR) is 153 cm³/mol. The molecule has 8 nitrogen and oxygen atoms in total. The molecule has 5 aromatic rings. The summed E-state index contributed by atoms with van der Waals surface area (Å²) in [5, 5.41) is 16.2. The number of rotatable bonds is 7. The topological polar surface area (TPSA) is 99.6 Å². The van der Waals surface area contributed by atoms with Crippen LogP contribution in [0.3, 0.4) is 0 Å². The van der Waals surface area contributed by atoms with Gasteiger partial charge in [-0.15, -0.1) is 0 Å². The third-order valence-corrected chi connectivity index (χ3v) is 6.51. The number of aryl methyl sites for hydroxylation is 1. The van der Waals surface area contributed by atoms with Gasteiger partial charge >= 0.3 is 11.9 Å². The standard InChI is InChI=1S/C30H20ClF3N4O4/c1-18-6-4-7-19(12-18)17-42-27-24(31)13-20(14-26(27)38(40)41)16-35-37-28(21-8-5-9-22(15-21)30(32,33)34)36-25-11-3-2-10-23(25)29(37)39/h2-16H,17H2,1H3. The van der Waals surface area contributed by atoms with E-state index in [0.29, 0.717) is 0 Å². The minimum absolute atomic E-state index is 0.00580. The molecular weight excluding hydrogens is 573 g/mol. The number of nitro groups is 1. The fourth-order valence-electron chi connectivity index (χ4n) is 4.29. The average molecular weight is 593 g/mol. The average Bonchev–Trinajstić information content (AvgIpc) is 2.95. The lowest BCUT2D eigenvalue weighted by atomic mass is 10.1. The molecule has 0 fully saturated rings. The molecule has 5 rings (SSSR count). The first-order chi connectivity index (χ1) is 20.0. The number of aromatic nitrogens is 2. The molecule has 0 saturated heterocycles. The number of para-hydroxylation sites is 1. The lowest BCUT2D eigenvalue weighted by Crippen LogP contribution is -2.20. The van der Waals surface area contributed by atoms with E-state index in [0.717, 1.165) is 34.2 Å². The Kier molecular flexibility index (Phi) is 7.77. The molecule has 0 N–H and O–H groups in total. The second kappa shape index (κ2) is 11.5. The first-order valence-corrected chi connectivity index (χ1v) is 12.8. The summed E-state index contributed by atoms with van der Waals surface area (Å²) in [6.07, 6.45) is -3.49. The first kappa shape index (κ1) is 28.5. The molecule has 0 unspecified atom stereocenters. The molecule has 0 saturated carbocycles. The largest absolute Gasteiger partial charge is 0.481 e. The molecule has 0 atom stereocenters. The van der Waals surface area contributed by atoms with E-state index < -0.39 is 27.9 Å². The highest BCUT2D eigenvalue weighted by atomic mass is 35.5. The number of benzene rings is 4. The van der Waals surface area contributed by atoms with Crippen molar-refractivity contribution in [2.24, 2.45) is 5.10 Å². The van der Waals surface area contributed by atoms with Crippen molar-refractivity contribution in [3.05, 3.63) is 133 Å². The van der Waals surface area contributed by atoms with Crippen molar-refractivity contribution in [3.8, 4) is 17.1 Å². The molecule has 1 heterocycles. The lowest BCUT2D eigenvalue weighted by molar-refractivity contribution is -0.385. The highest BCUT2D eigenvalue weighted by Crippen LogP contribution is 2.37. The first-order valence-electron chi connectivity index (χ1n) is 12.4. The lowest BCUT2D eigenvalue weighted by Gasteiger charge is -2.12. The summed E-state index contributed by atoms with van der Waals surface area (Å²) < 4.78 is 46.8. The van der Waals surface area contributed by atoms with E-state index in [1.165, 1.54) is 30.3 Å². The number of fused-ring (bicyclic) bond motifs is 1. The minimum Gasteiger partial charge on any atom is -0.481 e. The van der Waals surface area contributed by atoms with Crippen molar-refractivity contribution in [3.63, 3.8) is 0 Å². The Morgan fingerprint density at radius 3 is 2.55 bits per heavy atom. The van der Waals surface area contributed by atoms with Crippen LogP contribution in [0.25, 0.3) is 22.3 Å². The van der Waals surface area contributed by atoms with Gasteiger partial charge in [0.1, 0.15) is 6.61 Å². The van der Waals surface area contributed by atoms with Gasteiger partial charge in [0.15, 0.2) is 5.82 Å². The van der Waals surface area contributed by atoms with Gasteiger partial charge in [-0.3, -0.25) is 14.9 Å². The number of ether oxygens (including phenoxy) is 1. The van der Waals surface area contributed by atoms with Gasteiger partial charge in [-0.25, -0.2) is 4.98 Å². The van der Waals surface area contributed by atoms with Crippen LogP contribution in [0.1, 0.15) is 22.3 Å². The van der Waals surface area contributed by atoms with Crippen LogP contribution in [-0.4, -0.2) is 20.8 Å². The summed E-state index contributed by atoms with van der Waals surface area (Å²) in [6, 6.07) is 20.6. The molecule has 4 aromatic carbocycles. The van der Waals surface area contributed by atoms with Crippen molar-refractivity contribution in [1.82, 2.24) is 9.66 Å². The molecule has 0 radical (unpaired) electrons. The SMILES string of the molecule is Cc1cccc(COc2c(Cl)cc(C=Nn3c(-c4cccc(C(F)(F)F)c4)nc4ccccc4c3=O)cc2[N+](=O)[O-])c1. The van der Waals surface area contributed by atoms with Gasteiger partial charge in [-0.2, -0.15) is 22.9 Å². The van der Waals surface area contributed by atoms with E-state index >= 15 is 0 Å². The molecule has 1 aromatic heterocycles. The molecule has 0 spiro atoms. The zero-order valence-corrected chi connectivity index (χ0v) is 22.6. The Morgan fingerprint density at radius 2 is 1.81 bits per heavy atom. The van der Waals surface area contributed by atoms with E-state index in [4.69, 9.17) is 16.3 Å². The smallest absolute Gasteiger partial charge is 0.416 e. The predicted octanol–water partition coefficient (Wildman–Crippen LogP) is 7.41. The van der Waals surface area contributed by atoms with Crippen LogP contribution in [0.4, 0.5) is 18.9 Å². The highest BCUT2D eigenvalue weighted by Gasteiger charge is 2.31. The minimum atomic E-state index is -4.62. The van der Waals surface area contributed by atoms with Crippen LogP contribution in [0.5, 0.6) is 5.75 Å². The Labute approximate surface area is 241 Å². The van der Waals surface area contributed by atoms with Crippen molar-refractivity contribution in [2.45, 2.75) is 19.7 Å². The normalized spacial score (nSPS) is 11.7. The maximum absolute atomic E-state index is 13.4. The summed E-state index contributed by atoms with van der Waals surface area (Å²) in [6.45, 7) is 1.94. The van der Waals surface area contributed by atoms with Gasteiger partial charge < -0.3 is 4.74 Å². The summed E-state index contributed by atoms with van der Waals surface area (Å²) in [5.41, 5.74) is 0.166. The molecule has 0 amide bonds. The van der Waals surface area contributed by atoms with E-state index in [9.17, 15) is 28.1 Å². The van der Waals surface area contributed by atoms with Crippen LogP contribution < -0.4 is 10.3 Å². The van der Waals surface area contributed by atoms with Gasteiger partial charge in [0.05, 0.1) is 32.6 Å². The monoisotopic (exact) mass is 592 g/mol. The third-order valence-electron chi connectivity index (χ3n) is 6.23. The maximum atomic E-state index is 13.4. The highest BCUT2D eigenvalue weighted by molar-refractivity contribution is 6.32. The van der Waals surface area contributed by atoms with Crippen LogP contribution in [-0.2, 0) is 12.8 Å². The van der Waals surface area contributed by atoms with Crippen molar-refractivity contribution in [1.29, 1.82) is 0 Å². The Balaban J connectivity index is 1.58. The number of halogens is 4. The van der Waals surface area contributed by atoms with Crippen LogP contribution in [0.15, 0.2) is 94.8 Å². The van der Waals surface area contributed by atoms with E-state index in [2.05, 4.69) is 10.1 Å². The van der Waals surface area contributed by atoms with Crippen LogP contribution >= 0.6 is 11.6 Å².